The molecule has 2 atom stereocenters. The summed E-state index contributed by atoms with van der Waals surface area (Å²) in [4.78, 5) is 8.70. The van der Waals surface area contributed by atoms with Crippen LogP contribution in [0.4, 0.5) is 5.82 Å². The number of nitrogens with zero attached hydrogens (tertiary/aromatic N) is 2. The molecule has 1 N–H and O–H groups in total. The molecule has 0 aliphatic rings. The van der Waals surface area contributed by atoms with Crippen LogP contribution in [-0.4, -0.2) is 16.0 Å². The minimum absolute atomic E-state index is 0.285. The van der Waals surface area contributed by atoms with Crippen molar-refractivity contribution in [3.63, 3.8) is 0 Å². The number of hydrogen-bond donors (Lipinski definition) is 1. The monoisotopic (exact) mass is 255 g/mol. The van der Waals surface area contributed by atoms with E-state index in [4.69, 9.17) is 11.6 Å². The molecule has 0 fully saturated rings. The molecule has 0 bridgehead atoms. The van der Waals surface area contributed by atoms with Gasteiger partial charge in [0, 0.05) is 18.0 Å². The highest BCUT2D eigenvalue weighted by Crippen LogP contribution is 2.19. The molecule has 0 aromatic carbocycles. The molecule has 1 aromatic rings. The van der Waals surface area contributed by atoms with Gasteiger partial charge >= 0.3 is 0 Å². The minimum atomic E-state index is 0.285. The van der Waals surface area contributed by atoms with Gasteiger partial charge in [-0.25, -0.2) is 9.97 Å². The molecule has 1 heterocycles. The number of rotatable bonds is 5. The van der Waals surface area contributed by atoms with E-state index in [1.807, 2.05) is 0 Å². The molecule has 1 rings (SSSR count). The zero-order valence-electron chi connectivity index (χ0n) is 11.3. The van der Waals surface area contributed by atoms with Crippen LogP contribution >= 0.6 is 11.6 Å². The maximum absolute atomic E-state index is 6.00. The highest BCUT2D eigenvalue weighted by molar-refractivity contribution is 6.29. The molecule has 17 heavy (non-hydrogen) atoms. The van der Waals surface area contributed by atoms with Gasteiger partial charge in [0.2, 0.25) is 0 Å². The number of halogens is 1. The van der Waals surface area contributed by atoms with E-state index in [2.05, 4.69) is 49.9 Å². The van der Waals surface area contributed by atoms with Gasteiger partial charge in [-0.2, -0.15) is 0 Å². The molecule has 3 nitrogen and oxygen atoms in total. The SMILES string of the molecule is CCC(C)C(C)Nc1cc(Cl)nc(C(C)C)n1. The van der Waals surface area contributed by atoms with Gasteiger partial charge in [-0.1, -0.05) is 45.7 Å². The molecule has 1 aromatic heterocycles. The average Bonchev–Trinajstić information content (AvgIpc) is 2.26. The van der Waals surface area contributed by atoms with Gasteiger partial charge in [0.05, 0.1) is 0 Å². The Balaban J connectivity index is 2.84. The Kier molecular flexibility index (Phi) is 5.19. The number of anilines is 1. The largest absolute Gasteiger partial charge is 0.367 e. The van der Waals surface area contributed by atoms with Crippen LogP contribution in [0.25, 0.3) is 0 Å². The molecule has 0 radical (unpaired) electrons. The average molecular weight is 256 g/mol. The van der Waals surface area contributed by atoms with Crippen molar-refractivity contribution < 1.29 is 0 Å². The summed E-state index contributed by atoms with van der Waals surface area (Å²) in [5.74, 6) is 2.50. The Labute approximate surface area is 109 Å². The van der Waals surface area contributed by atoms with Gasteiger partial charge in [-0.05, 0) is 12.8 Å². The Morgan fingerprint density at radius 3 is 2.41 bits per heavy atom. The van der Waals surface area contributed by atoms with Crippen molar-refractivity contribution in [1.82, 2.24) is 9.97 Å². The summed E-state index contributed by atoms with van der Waals surface area (Å²) < 4.78 is 0. The third-order valence-electron chi connectivity index (χ3n) is 3.10. The summed E-state index contributed by atoms with van der Waals surface area (Å²) in [5.41, 5.74) is 0. The van der Waals surface area contributed by atoms with E-state index in [0.29, 0.717) is 17.1 Å². The quantitative estimate of drug-likeness (QED) is 0.805. The molecule has 96 valence electrons. The first kappa shape index (κ1) is 14.2. The lowest BCUT2D eigenvalue weighted by Gasteiger charge is -2.21. The van der Waals surface area contributed by atoms with Crippen molar-refractivity contribution in [2.24, 2.45) is 5.92 Å². The summed E-state index contributed by atoms with van der Waals surface area (Å²) in [6.07, 6.45) is 1.14. The van der Waals surface area contributed by atoms with E-state index in [9.17, 15) is 0 Å². The summed E-state index contributed by atoms with van der Waals surface area (Å²) in [6.45, 7) is 10.7. The fraction of sp³-hybridized carbons (Fsp3) is 0.692. The smallest absolute Gasteiger partial charge is 0.135 e. The number of nitrogens with one attached hydrogen (secondary N) is 1. The highest BCUT2D eigenvalue weighted by Gasteiger charge is 2.12. The molecule has 0 aliphatic heterocycles. The van der Waals surface area contributed by atoms with Gasteiger partial charge in [-0.15, -0.1) is 0 Å². The zero-order chi connectivity index (χ0) is 13.0. The van der Waals surface area contributed by atoms with E-state index in [1.165, 1.54) is 0 Å². The van der Waals surface area contributed by atoms with Crippen LogP contribution in [0.2, 0.25) is 5.15 Å². The van der Waals surface area contributed by atoms with Crippen LogP contribution in [0.5, 0.6) is 0 Å². The van der Waals surface area contributed by atoms with Crippen molar-refractivity contribution in [2.75, 3.05) is 5.32 Å². The van der Waals surface area contributed by atoms with Crippen LogP contribution in [-0.2, 0) is 0 Å². The Bertz CT molecular complexity index is 366. The molecular formula is C13H22ClN3. The molecule has 0 saturated heterocycles. The molecule has 0 spiro atoms. The molecule has 2 unspecified atom stereocenters. The Morgan fingerprint density at radius 1 is 1.24 bits per heavy atom. The fourth-order valence-electron chi connectivity index (χ4n) is 1.50. The molecule has 0 aliphatic carbocycles. The predicted molar refractivity (Wildman–Crippen MR) is 73.7 cm³/mol. The molecular weight excluding hydrogens is 234 g/mol. The van der Waals surface area contributed by atoms with Crippen LogP contribution in [0.1, 0.15) is 52.8 Å². The first-order valence-corrected chi connectivity index (χ1v) is 6.62. The lowest BCUT2D eigenvalue weighted by atomic mass is 10.0. The third kappa shape index (κ3) is 4.15. The predicted octanol–water partition coefficient (Wildman–Crippen LogP) is 4.10. The summed E-state index contributed by atoms with van der Waals surface area (Å²) in [7, 11) is 0. The molecule has 0 saturated carbocycles. The standard InChI is InChI=1S/C13H22ClN3/c1-6-9(4)10(5)15-12-7-11(14)16-13(17-12)8(2)3/h7-10H,6H2,1-5H3,(H,15,16,17). The lowest BCUT2D eigenvalue weighted by Crippen LogP contribution is -2.24. The maximum atomic E-state index is 6.00. The van der Waals surface area contributed by atoms with Crippen LogP contribution in [0.3, 0.4) is 0 Å². The van der Waals surface area contributed by atoms with E-state index in [1.54, 1.807) is 6.07 Å². The van der Waals surface area contributed by atoms with E-state index < -0.39 is 0 Å². The minimum Gasteiger partial charge on any atom is -0.367 e. The summed E-state index contributed by atoms with van der Waals surface area (Å²) in [5, 5.41) is 3.90. The summed E-state index contributed by atoms with van der Waals surface area (Å²) >= 11 is 6.00. The first-order chi connectivity index (χ1) is 7.93. The third-order valence-corrected chi connectivity index (χ3v) is 3.30. The topological polar surface area (TPSA) is 37.8 Å². The van der Waals surface area contributed by atoms with Gasteiger partial charge in [-0.3, -0.25) is 0 Å². The van der Waals surface area contributed by atoms with Crippen LogP contribution in [0.15, 0.2) is 6.07 Å². The van der Waals surface area contributed by atoms with Crippen molar-refractivity contribution in [3.8, 4) is 0 Å². The van der Waals surface area contributed by atoms with E-state index >= 15 is 0 Å². The van der Waals surface area contributed by atoms with E-state index in [0.717, 1.165) is 18.1 Å². The summed E-state index contributed by atoms with van der Waals surface area (Å²) in [6, 6.07) is 2.16. The Morgan fingerprint density at radius 2 is 1.88 bits per heavy atom. The Hall–Kier alpha value is -0.830. The second-order valence-corrected chi connectivity index (χ2v) is 5.29. The second kappa shape index (κ2) is 6.20. The van der Waals surface area contributed by atoms with Crippen LogP contribution < -0.4 is 5.32 Å². The van der Waals surface area contributed by atoms with E-state index in [-0.39, 0.29) is 5.92 Å². The zero-order valence-corrected chi connectivity index (χ0v) is 12.0. The normalized spacial score (nSPS) is 14.8. The van der Waals surface area contributed by atoms with Crippen molar-refractivity contribution in [2.45, 2.75) is 53.0 Å². The number of aromatic nitrogens is 2. The molecule has 0 amide bonds. The van der Waals surface area contributed by atoms with Crippen molar-refractivity contribution in [3.05, 3.63) is 17.0 Å². The van der Waals surface area contributed by atoms with Gasteiger partial charge in [0.1, 0.15) is 16.8 Å². The number of hydrogen-bond acceptors (Lipinski definition) is 3. The van der Waals surface area contributed by atoms with Gasteiger partial charge in [0.15, 0.2) is 0 Å². The van der Waals surface area contributed by atoms with Crippen molar-refractivity contribution in [1.29, 1.82) is 0 Å². The van der Waals surface area contributed by atoms with Gasteiger partial charge in [0.25, 0.3) is 0 Å². The second-order valence-electron chi connectivity index (χ2n) is 4.91. The lowest BCUT2D eigenvalue weighted by molar-refractivity contribution is 0.493. The first-order valence-electron chi connectivity index (χ1n) is 6.25. The maximum Gasteiger partial charge on any atom is 0.135 e. The highest BCUT2D eigenvalue weighted by atomic mass is 35.5. The van der Waals surface area contributed by atoms with Gasteiger partial charge < -0.3 is 5.32 Å². The fourth-order valence-corrected chi connectivity index (χ4v) is 1.69. The van der Waals surface area contributed by atoms with Crippen molar-refractivity contribution >= 4 is 17.4 Å². The van der Waals surface area contributed by atoms with Crippen LogP contribution in [0, 0.1) is 5.92 Å². The molecule has 4 heteroatoms.